The first-order valence-electron chi connectivity index (χ1n) is 5.67. The third-order valence-electron chi connectivity index (χ3n) is 2.36. The molecule has 0 aliphatic heterocycles. The van der Waals surface area contributed by atoms with Crippen molar-refractivity contribution in [2.45, 2.75) is 13.2 Å². The van der Waals surface area contributed by atoms with Gasteiger partial charge >= 0.3 is 0 Å². The molecule has 0 radical (unpaired) electrons. The molecule has 92 valence electrons. The van der Waals surface area contributed by atoms with E-state index in [1.54, 1.807) is 11.3 Å². The number of aliphatic hydroxyl groups excluding tert-OH is 1. The van der Waals surface area contributed by atoms with Crippen molar-refractivity contribution < 1.29 is 9.84 Å². The van der Waals surface area contributed by atoms with Crippen molar-refractivity contribution in [2.24, 2.45) is 0 Å². The molecule has 2 rings (SSSR count). The lowest BCUT2D eigenvalue weighted by Crippen LogP contribution is -1.92. The number of hydrogen-bond acceptors (Lipinski definition) is 3. The van der Waals surface area contributed by atoms with Gasteiger partial charge in [-0.1, -0.05) is 30.0 Å². The molecule has 0 aliphatic carbocycles. The Kier molecular flexibility index (Phi) is 4.98. The third kappa shape index (κ3) is 4.01. The van der Waals surface area contributed by atoms with Crippen LogP contribution in [0.4, 0.5) is 0 Å². The van der Waals surface area contributed by atoms with E-state index in [0.717, 1.165) is 11.1 Å². The fourth-order valence-electron chi connectivity index (χ4n) is 1.49. The summed E-state index contributed by atoms with van der Waals surface area (Å²) in [7, 11) is 0. The number of rotatable bonds is 4. The Morgan fingerprint density at radius 1 is 1.11 bits per heavy atom. The minimum absolute atomic E-state index is 0.105. The number of aliphatic hydroxyl groups is 1. The van der Waals surface area contributed by atoms with Crippen molar-refractivity contribution in [2.75, 3.05) is 6.61 Å². The molecule has 0 atom stereocenters. The summed E-state index contributed by atoms with van der Waals surface area (Å²) in [5.41, 5.74) is 2.03. The van der Waals surface area contributed by atoms with Crippen molar-refractivity contribution in [3.63, 3.8) is 0 Å². The van der Waals surface area contributed by atoms with Crippen LogP contribution in [-0.2, 0) is 18.0 Å². The molecule has 0 unspecified atom stereocenters. The van der Waals surface area contributed by atoms with Gasteiger partial charge in [0.15, 0.2) is 0 Å². The van der Waals surface area contributed by atoms with Crippen LogP contribution in [0, 0.1) is 11.8 Å². The Labute approximate surface area is 111 Å². The molecule has 1 N–H and O–H groups in total. The molecule has 1 heterocycles. The van der Waals surface area contributed by atoms with Crippen LogP contribution >= 0.6 is 11.3 Å². The van der Waals surface area contributed by atoms with E-state index in [-0.39, 0.29) is 6.61 Å². The van der Waals surface area contributed by atoms with E-state index in [1.807, 2.05) is 35.7 Å². The van der Waals surface area contributed by atoms with Crippen LogP contribution in [0.25, 0.3) is 0 Å². The van der Waals surface area contributed by atoms with Crippen LogP contribution in [0.1, 0.15) is 16.0 Å². The summed E-state index contributed by atoms with van der Waals surface area (Å²) in [6, 6.07) is 12.0. The van der Waals surface area contributed by atoms with Gasteiger partial charge in [-0.2, -0.15) is 0 Å². The Balaban J connectivity index is 1.83. The normalized spacial score (nSPS) is 9.83. The monoisotopic (exact) mass is 258 g/mol. The Bertz CT molecular complexity index is 518. The molecule has 0 aliphatic rings. The first-order chi connectivity index (χ1) is 8.88. The molecule has 1 aromatic heterocycles. The highest BCUT2D eigenvalue weighted by molar-refractivity contribution is 7.09. The van der Waals surface area contributed by atoms with E-state index in [4.69, 9.17) is 9.84 Å². The zero-order valence-corrected chi connectivity index (χ0v) is 10.7. The van der Waals surface area contributed by atoms with Crippen molar-refractivity contribution in [1.29, 1.82) is 0 Å². The van der Waals surface area contributed by atoms with Gasteiger partial charge in [0.25, 0.3) is 0 Å². The van der Waals surface area contributed by atoms with E-state index in [2.05, 4.69) is 17.9 Å². The molecule has 18 heavy (non-hydrogen) atoms. The summed E-state index contributed by atoms with van der Waals surface area (Å²) in [5, 5.41) is 10.6. The second-order valence-corrected chi connectivity index (χ2v) is 4.76. The Morgan fingerprint density at radius 2 is 1.94 bits per heavy atom. The molecule has 0 saturated heterocycles. The largest absolute Gasteiger partial charge is 0.384 e. The summed E-state index contributed by atoms with van der Waals surface area (Å²) in [4.78, 5) is 1.24. The molecular weight excluding hydrogens is 244 g/mol. The van der Waals surface area contributed by atoms with Gasteiger partial charge in [0, 0.05) is 10.4 Å². The highest BCUT2D eigenvalue weighted by atomic mass is 32.1. The highest BCUT2D eigenvalue weighted by Crippen LogP contribution is 2.11. The maximum absolute atomic E-state index is 8.60. The average Bonchev–Trinajstić information content (AvgIpc) is 2.91. The van der Waals surface area contributed by atoms with Crippen molar-refractivity contribution in [3.8, 4) is 11.8 Å². The first-order valence-corrected chi connectivity index (χ1v) is 6.55. The van der Waals surface area contributed by atoms with E-state index < -0.39 is 0 Å². The summed E-state index contributed by atoms with van der Waals surface area (Å²) in [5.74, 6) is 5.48. The van der Waals surface area contributed by atoms with Crippen LogP contribution in [0.3, 0.4) is 0 Å². The van der Waals surface area contributed by atoms with Gasteiger partial charge < -0.3 is 9.84 Å². The van der Waals surface area contributed by atoms with E-state index in [1.165, 1.54) is 4.88 Å². The predicted octanol–water partition coefficient (Wildman–Crippen LogP) is 2.81. The maximum atomic E-state index is 8.60. The van der Waals surface area contributed by atoms with Gasteiger partial charge in [-0.25, -0.2) is 0 Å². The molecule has 0 saturated carbocycles. The minimum Gasteiger partial charge on any atom is -0.384 e. The lowest BCUT2D eigenvalue weighted by atomic mass is 10.1. The average molecular weight is 258 g/mol. The fourth-order valence-corrected chi connectivity index (χ4v) is 2.13. The molecular formula is C15H14O2S. The van der Waals surface area contributed by atoms with Crippen molar-refractivity contribution >= 4 is 11.3 Å². The molecule has 0 spiro atoms. The molecule has 2 aromatic rings. The third-order valence-corrected chi connectivity index (χ3v) is 3.21. The topological polar surface area (TPSA) is 29.5 Å². The smallest absolute Gasteiger partial charge is 0.104 e. The molecule has 0 fully saturated rings. The standard InChI is InChI=1S/C15H14O2S/c16-9-1-3-13-5-7-14(8-6-13)11-17-12-15-4-2-10-18-15/h2,4-8,10,16H,9,11-12H2. The molecule has 2 nitrogen and oxygen atoms in total. The van der Waals surface area contributed by atoms with Crippen LogP contribution < -0.4 is 0 Å². The van der Waals surface area contributed by atoms with Gasteiger partial charge in [-0.15, -0.1) is 11.3 Å². The summed E-state index contributed by atoms with van der Waals surface area (Å²) < 4.78 is 5.62. The number of hydrogen-bond donors (Lipinski definition) is 1. The summed E-state index contributed by atoms with van der Waals surface area (Å²) in [6.07, 6.45) is 0. The van der Waals surface area contributed by atoms with Gasteiger partial charge in [0.2, 0.25) is 0 Å². The Morgan fingerprint density at radius 3 is 2.61 bits per heavy atom. The SMILES string of the molecule is OCC#Cc1ccc(COCc2cccs2)cc1. The van der Waals surface area contributed by atoms with Gasteiger partial charge in [-0.3, -0.25) is 0 Å². The van der Waals surface area contributed by atoms with Gasteiger partial charge in [0.05, 0.1) is 13.2 Å². The van der Waals surface area contributed by atoms with Crippen LogP contribution in [0.2, 0.25) is 0 Å². The predicted molar refractivity (Wildman–Crippen MR) is 73.2 cm³/mol. The lowest BCUT2D eigenvalue weighted by molar-refractivity contribution is 0.109. The van der Waals surface area contributed by atoms with Crippen LogP contribution in [0.15, 0.2) is 41.8 Å². The summed E-state index contributed by atoms with van der Waals surface area (Å²) >= 11 is 1.70. The number of thiophene rings is 1. The highest BCUT2D eigenvalue weighted by Gasteiger charge is 1.96. The zero-order valence-electron chi connectivity index (χ0n) is 9.93. The number of ether oxygens (including phenoxy) is 1. The van der Waals surface area contributed by atoms with Crippen LogP contribution in [-0.4, -0.2) is 11.7 Å². The number of benzene rings is 1. The van der Waals surface area contributed by atoms with E-state index >= 15 is 0 Å². The van der Waals surface area contributed by atoms with E-state index in [9.17, 15) is 0 Å². The Hall–Kier alpha value is -1.60. The van der Waals surface area contributed by atoms with Crippen molar-refractivity contribution in [3.05, 3.63) is 57.8 Å². The lowest BCUT2D eigenvalue weighted by Gasteiger charge is -2.03. The zero-order chi connectivity index (χ0) is 12.6. The second kappa shape index (κ2) is 6.97. The maximum Gasteiger partial charge on any atom is 0.104 e. The molecule has 1 aromatic carbocycles. The van der Waals surface area contributed by atoms with Crippen LogP contribution in [0.5, 0.6) is 0 Å². The van der Waals surface area contributed by atoms with Crippen molar-refractivity contribution in [1.82, 2.24) is 0 Å². The molecule has 0 bridgehead atoms. The first kappa shape index (κ1) is 12.8. The van der Waals surface area contributed by atoms with Gasteiger partial charge in [-0.05, 0) is 29.1 Å². The molecule has 3 heteroatoms. The quantitative estimate of drug-likeness (QED) is 0.855. The molecule has 0 amide bonds. The fraction of sp³-hybridized carbons (Fsp3) is 0.200. The van der Waals surface area contributed by atoms with Gasteiger partial charge in [0.1, 0.15) is 6.61 Å². The summed E-state index contributed by atoms with van der Waals surface area (Å²) in [6.45, 7) is 1.15. The van der Waals surface area contributed by atoms with E-state index in [0.29, 0.717) is 13.2 Å². The minimum atomic E-state index is -0.105. The second-order valence-electron chi connectivity index (χ2n) is 3.73.